The van der Waals surface area contributed by atoms with E-state index in [0.29, 0.717) is 26.4 Å². The molecule has 3 heterocycles. The minimum absolute atomic E-state index is 0.116. The van der Waals surface area contributed by atoms with Crippen molar-refractivity contribution in [1.29, 1.82) is 0 Å². The maximum absolute atomic E-state index is 10.8. The van der Waals surface area contributed by atoms with E-state index in [4.69, 9.17) is 33.2 Å². The van der Waals surface area contributed by atoms with E-state index in [1.54, 1.807) is 0 Å². The summed E-state index contributed by atoms with van der Waals surface area (Å²) >= 11 is 0. The molecule has 1 aromatic carbocycles. The second-order valence-corrected chi connectivity index (χ2v) is 8.91. The average molecular weight is 424 g/mol. The highest BCUT2D eigenvalue weighted by atomic mass is 16.8. The zero-order valence-electron chi connectivity index (χ0n) is 18.0. The first kappa shape index (κ1) is 22.1. The fourth-order valence-corrected chi connectivity index (χ4v) is 4.27. The lowest BCUT2D eigenvalue weighted by atomic mass is 9.94. The van der Waals surface area contributed by atoms with Crippen LogP contribution in [0, 0.1) is 0 Å². The van der Waals surface area contributed by atoms with Crippen LogP contribution in [0.15, 0.2) is 30.3 Å². The number of hydrogen-bond acceptors (Lipinski definition) is 8. The Hall–Kier alpha value is -1.10. The van der Waals surface area contributed by atoms with E-state index in [1.807, 2.05) is 58.0 Å². The third-order valence-corrected chi connectivity index (χ3v) is 5.54. The van der Waals surface area contributed by atoms with Crippen LogP contribution in [-0.2, 0) is 39.8 Å². The van der Waals surface area contributed by atoms with Crippen LogP contribution in [0.2, 0.25) is 0 Å². The second kappa shape index (κ2) is 8.44. The van der Waals surface area contributed by atoms with E-state index < -0.39 is 35.7 Å². The van der Waals surface area contributed by atoms with Crippen molar-refractivity contribution < 1.29 is 38.3 Å². The maximum atomic E-state index is 10.8. The van der Waals surface area contributed by atoms with Crippen LogP contribution in [0.5, 0.6) is 0 Å². The molecular formula is C22H32O8. The summed E-state index contributed by atoms with van der Waals surface area (Å²) in [5.74, 6) is -1.58. The van der Waals surface area contributed by atoms with E-state index in [0.717, 1.165) is 5.56 Å². The monoisotopic (exact) mass is 424 g/mol. The first-order valence-electron chi connectivity index (χ1n) is 10.4. The van der Waals surface area contributed by atoms with Gasteiger partial charge < -0.3 is 38.3 Å². The third-order valence-electron chi connectivity index (χ3n) is 5.54. The molecule has 3 fully saturated rings. The summed E-state index contributed by atoms with van der Waals surface area (Å²) in [5.41, 5.74) is -0.0291. The molecule has 0 amide bonds. The van der Waals surface area contributed by atoms with Crippen molar-refractivity contribution >= 4 is 0 Å². The van der Waals surface area contributed by atoms with Crippen molar-refractivity contribution in [3.63, 3.8) is 0 Å². The largest absolute Gasteiger partial charge is 0.376 e. The summed E-state index contributed by atoms with van der Waals surface area (Å²) < 4.78 is 41.2. The molecule has 0 bridgehead atoms. The molecule has 8 heteroatoms. The highest BCUT2D eigenvalue weighted by Crippen LogP contribution is 2.48. The van der Waals surface area contributed by atoms with Gasteiger partial charge in [0.2, 0.25) is 0 Å². The van der Waals surface area contributed by atoms with Crippen LogP contribution in [-0.4, -0.2) is 73.3 Å². The predicted molar refractivity (Wildman–Crippen MR) is 105 cm³/mol. The smallest absolute Gasteiger partial charge is 0.189 e. The third kappa shape index (κ3) is 4.56. The van der Waals surface area contributed by atoms with Gasteiger partial charge >= 0.3 is 0 Å². The number of fused-ring (bicyclic) bond motifs is 1. The summed E-state index contributed by atoms with van der Waals surface area (Å²) in [6.07, 6.45) is -2.64. The lowest BCUT2D eigenvalue weighted by Gasteiger charge is -2.29. The van der Waals surface area contributed by atoms with Gasteiger partial charge in [0.1, 0.15) is 18.3 Å². The molecule has 5 atom stereocenters. The molecule has 1 N–H and O–H groups in total. The fourth-order valence-electron chi connectivity index (χ4n) is 4.27. The van der Waals surface area contributed by atoms with Gasteiger partial charge in [0.15, 0.2) is 23.5 Å². The van der Waals surface area contributed by atoms with Crippen molar-refractivity contribution in [2.45, 2.75) is 76.1 Å². The Balaban J connectivity index is 1.33. The molecular weight excluding hydrogens is 392 g/mol. The lowest BCUT2D eigenvalue weighted by Crippen LogP contribution is -2.52. The van der Waals surface area contributed by atoms with E-state index >= 15 is 0 Å². The van der Waals surface area contributed by atoms with Crippen molar-refractivity contribution in [1.82, 2.24) is 0 Å². The molecule has 1 aromatic rings. The zero-order valence-corrected chi connectivity index (χ0v) is 18.0. The number of hydrogen-bond donors (Lipinski definition) is 1. The van der Waals surface area contributed by atoms with Gasteiger partial charge in [0.25, 0.3) is 0 Å². The Bertz CT molecular complexity index is 708. The van der Waals surface area contributed by atoms with E-state index in [2.05, 4.69) is 0 Å². The molecule has 168 valence electrons. The van der Waals surface area contributed by atoms with Crippen LogP contribution < -0.4 is 0 Å². The zero-order chi connectivity index (χ0) is 21.4. The van der Waals surface area contributed by atoms with E-state index in [-0.39, 0.29) is 12.7 Å². The van der Waals surface area contributed by atoms with E-state index in [9.17, 15) is 5.11 Å². The Labute approximate surface area is 177 Å². The molecule has 4 rings (SSSR count). The fraction of sp³-hybridized carbons (Fsp3) is 0.727. The first-order valence-corrected chi connectivity index (χ1v) is 10.4. The van der Waals surface area contributed by atoms with Gasteiger partial charge in [-0.1, -0.05) is 30.3 Å². The normalized spacial score (nSPS) is 36.8. The van der Waals surface area contributed by atoms with Crippen LogP contribution >= 0.6 is 0 Å². The van der Waals surface area contributed by atoms with Crippen LogP contribution in [0.4, 0.5) is 0 Å². The Kier molecular flexibility index (Phi) is 6.22. The Morgan fingerprint density at radius 2 is 1.73 bits per heavy atom. The standard InChI is InChI=1S/C22H32O8/c1-20(2)26-13-16(28-20)17-18-22(19(23)27-17,30-21(3,4)29-18)14-25-11-10-24-12-15-8-6-5-7-9-15/h5-9,16-19,23H,10-14H2,1-4H3/t16-,17-,18+,19?,22+/m1/s1. The summed E-state index contributed by atoms with van der Waals surface area (Å²) in [5, 5.41) is 10.8. The molecule has 0 saturated carbocycles. The molecule has 8 nitrogen and oxygen atoms in total. The SMILES string of the molecule is CC1(C)OC[C@H]([C@H]2OC(O)[C@@]3(COCCOCc4ccccc4)OC(C)(C)O[C@@H]23)O1. The minimum atomic E-state index is -1.20. The Morgan fingerprint density at radius 1 is 1.00 bits per heavy atom. The molecule has 3 aliphatic rings. The highest BCUT2D eigenvalue weighted by Gasteiger charge is 2.68. The lowest BCUT2D eigenvalue weighted by molar-refractivity contribution is -0.263. The van der Waals surface area contributed by atoms with Gasteiger partial charge in [-0.3, -0.25) is 0 Å². The molecule has 0 aromatic heterocycles. The topological polar surface area (TPSA) is 84.8 Å². The quantitative estimate of drug-likeness (QED) is 0.634. The van der Waals surface area contributed by atoms with Crippen molar-refractivity contribution in [3.05, 3.63) is 35.9 Å². The van der Waals surface area contributed by atoms with Gasteiger partial charge in [0, 0.05) is 0 Å². The van der Waals surface area contributed by atoms with Crippen molar-refractivity contribution in [3.8, 4) is 0 Å². The summed E-state index contributed by atoms with van der Waals surface area (Å²) in [7, 11) is 0. The van der Waals surface area contributed by atoms with Gasteiger partial charge in [0.05, 0.1) is 33.0 Å². The maximum Gasteiger partial charge on any atom is 0.189 e. The summed E-state index contributed by atoms with van der Waals surface area (Å²) in [4.78, 5) is 0. The van der Waals surface area contributed by atoms with Crippen LogP contribution in [0.25, 0.3) is 0 Å². The van der Waals surface area contributed by atoms with E-state index in [1.165, 1.54) is 0 Å². The number of rotatable bonds is 8. The highest BCUT2D eigenvalue weighted by molar-refractivity contribution is 5.13. The van der Waals surface area contributed by atoms with Crippen LogP contribution in [0.3, 0.4) is 0 Å². The van der Waals surface area contributed by atoms with Gasteiger partial charge in [-0.25, -0.2) is 0 Å². The molecule has 3 saturated heterocycles. The summed E-state index contributed by atoms with van der Waals surface area (Å²) in [6.45, 7) is 9.10. The number of ether oxygens (including phenoxy) is 7. The van der Waals surface area contributed by atoms with Crippen LogP contribution in [0.1, 0.15) is 33.3 Å². The number of aliphatic hydroxyl groups excluding tert-OH is 1. The van der Waals surface area contributed by atoms with Crippen molar-refractivity contribution in [2.24, 2.45) is 0 Å². The molecule has 3 aliphatic heterocycles. The first-order chi connectivity index (χ1) is 14.2. The number of aliphatic hydroxyl groups is 1. The average Bonchev–Trinajstić information content (AvgIpc) is 3.27. The molecule has 1 unspecified atom stereocenters. The number of benzene rings is 1. The van der Waals surface area contributed by atoms with Crippen molar-refractivity contribution in [2.75, 3.05) is 26.4 Å². The Morgan fingerprint density at radius 3 is 2.43 bits per heavy atom. The second-order valence-electron chi connectivity index (χ2n) is 8.91. The van der Waals surface area contributed by atoms with Gasteiger partial charge in [-0.15, -0.1) is 0 Å². The molecule has 0 aliphatic carbocycles. The van der Waals surface area contributed by atoms with Gasteiger partial charge in [-0.05, 0) is 33.3 Å². The molecule has 30 heavy (non-hydrogen) atoms. The molecule has 0 radical (unpaired) electrons. The summed E-state index contributed by atoms with van der Waals surface area (Å²) in [6, 6.07) is 9.95. The predicted octanol–water partition coefficient (Wildman–Crippen LogP) is 1.98. The molecule has 0 spiro atoms. The van der Waals surface area contributed by atoms with Gasteiger partial charge in [-0.2, -0.15) is 0 Å². The minimum Gasteiger partial charge on any atom is -0.376 e.